The molecule has 1 fully saturated rings. The quantitative estimate of drug-likeness (QED) is 0.670. The minimum absolute atomic E-state index is 0.0489. The normalized spacial score (nSPS) is 17.4. The molecule has 122 valence electrons. The maximum atomic E-state index is 6.10. The fourth-order valence-corrected chi connectivity index (χ4v) is 3.36. The predicted molar refractivity (Wildman–Crippen MR) is 98.0 cm³/mol. The SMILES string of the molecule is Cc1cccc(N2CCOC2c2ccn(-c3cccc(Cl)c3)c2)c1. The van der Waals surface area contributed by atoms with E-state index in [4.69, 9.17) is 16.3 Å². The Balaban J connectivity index is 1.64. The number of aromatic nitrogens is 1. The van der Waals surface area contributed by atoms with Crippen LogP contribution in [0.3, 0.4) is 0 Å². The van der Waals surface area contributed by atoms with Crippen LogP contribution >= 0.6 is 11.6 Å². The van der Waals surface area contributed by atoms with Crippen molar-refractivity contribution in [3.8, 4) is 5.69 Å². The highest BCUT2D eigenvalue weighted by molar-refractivity contribution is 6.30. The Bertz CT molecular complexity index is 858. The number of hydrogen-bond acceptors (Lipinski definition) is 2. The molecule has 1 atom stereocenters. The minimum Gasteiger partial charge on any atom is -0.352 e. The summed E-state index contributed by atoms with van der Waals surface area (Å²) in [4.78, 5) is 2.31. The summed E-state index contributed by atoms with van der Waals surface area (Å²) in [6.45, 7) is 3.75. The van der Waals surface area contributed by atoms with Gasteiger partial charge >= 0.3 is 0 Å². The average molecular weight is 339 g/mol. The summed E-state index contributed by atoms with van der Waals surface area (Å²) in [6.07, 6.45) is 4.12. The van der Waals surface area contributed by atoms with E-state index in [2.05, 4.69) is 59.1 Å². The molecule has 0 spiro atoms. The molecule has 2 heterocycles. The maximum absolute atomic E-state index is 6.10. The molecule has 0 bridgehead atoms. The largest absolute Gasteiger partial charge is 0.352 e. The van der Waals surface area contributed by atoms with Crippen LogP contribution in [0.2, 0.25) is 5.02 Å². The standard InChI is InChI=1S/C20H19ClN2O/c1-15-4-2-7-19(12-15)23-10-11-24-20(23)16-8-9-22(14-16)18-6-3-5-17(21)13-18/h2-9,12-14,20H,10-11H2,1H3. The Hall–Kier alpha value is -2.23. The van der Waals surface area contributed by atoms with Gasteiger partial charge in [0.05, 0.1) is 6.61 Å². The molecule has 1 aliphatic rings. The topological polar surface area (TPSA) is 17.4 Å². The number of ether oxygens (including phenoxy) is 1. The lowest BCUT2D eigenvalue weighted by Crippen LogP contribution is -2.23. The van der Waals surface area contributed by atoms with Gasteiger partial charge in [0.2, 0.25) is 0 Å². The van der Waals surface area contributed by atoms with E-state index in [0.717, 1.165) is 29.4 Å². The first-order valence-electron chi connectivity index (χ1n) is 8.09. The Labute approximate surface area is 147 Å². The number of benzene rings is 2. The van der Waals surface area contributed by atoms with Crippen molar-refractivity contribution >= 4 is 17.3 Å². The van der Waals surface area contributed by atoms with Gasteiger partial charge in [0.25, 0.3) is 0 Å². The van der Waals surface area contributed by atoms with Crippen molar-refractivity contribution in [1.82, 2.24) is 4.57 Å². The van der Waals surface area contributed by atoms with Crippen molar-refractivity contribution in [2.75, 3.05) is 18.1 Å². The van der Waals surface area contributed by atoms with E-state index in [-0.39, 0.29) is 6.23 Å². The molecule has 0 saturated carbocycles. The monoisotopic (exact) mass is 338 g/mol. The summed E-state index contributed by atoms with van der Waals surface area (Å²) < 4.78 is 8.09. The van der Waals surface area contributed by atoms with Crippen LogP contribution in [0, 0.1) is 6.92 Å². The van der Waals surface area contributed by atoms with Crippen molar-refractivity contribution in [3.05, 3.63) is 83.1 Å². The number of rotatable bonds is 3. The molecule has 0 aliphatic carbocycles. The molecule has 0 N–H and O–H groups in total. The highest BCUT2D eigenvalue weighted by atomic mass is 35.5. The van der Waals surface area contributed by atoms with E-state index in [9.17, 15) is 0 Å². The Morgan fingerprint density at radius 2 is 1.88 bits per heavy atom. The molecule has 0 amide bonds. The van der Waals surface area contributed by atoms with Crippen molar-refractivity contribution in [2.24, 2.45) is 0 Å². The third kappa shape index (κ3) is 2.93. The first-order chi connectivity index (χ1) is 11.7. The van der Waals surface area contributed by atoms with Gasteiger partial charge in [0, 0.05) is 40.9 Å². The zero-order valence-electron chi connectivity index (χ0n) is 13.5. The van der Waals surface area contributed by atoms with Crippen LogP contribution in [0.15, 0.2) is 67.0 Å². The Kier molecular flexibility index (Phi) is 4.05. The second-order valence-corrected chi connectivity index (χ2v) is 6.52. The number of nitrogens with zero attached hydrogens (tertiary/aromatic N) is 2. The summed E-state index contributed by atoms with van der Waals surface area (Å²) >= 11 is 6.10. The zero-order valence-corrected chi connectivity index (χ0v) is 14.3. The predicted octanol–water partition coefficient (Wildman–Crippen LogP) is 4.97. The molecule has 3 aromatic rings. The van der Waals surface area contributed by atoms with Crippen LogP contribution in [-0.4, -0.2) is 17.7 Å². The Morgan fingerprint density at radius 1 is 1.04 bits per heavy atom. The third-order valence-corrected chi connectivity index (χ3v) is 4.57. The van der Waals surface area contributed by atoms with E-state index >= 15 is 0 Å². The van der Waals surface area contributed by atoms with Gasteiger partial charge in [-0.3, -0.25) is 0 Å². The second kappa shape index (κ2) is 6.34. The van der Waals surface area contributed by atoms with E-state index < -0.39 is 0 Å². The molecule has 4 heteroatoms. The number of anilines is 1. The molecular weight excluding hydrogens is 320 g/mol. The van der Waals surface area contributed by atoms with Gasteiger partial charge in [-0.1, -0.05) is 29.8 Å². The maximum Gasteiger partial charge on any atom is 0.158 e. The van der Waals surface area contributed by atoms with Gasteiger partial charge in [-0.2, -0.15) is 0 Å². The molecule has 1 aliphatic heterocycles. The third-order valence-electron chi connectivity index (χ3n) is 4.33. The molecule has 24 heavy (non-hydrogen) atoms. The summed E-state index contributed by atoms with van der Waals surface area (Å²) in [6, 6.07) is 18.5. The van der Waals surface area contributed by atoms with Crippen LogP contribution in [-0.2, 0) is 4.74 Å². The highest BCUT2D eigenvalue weighted by Crippen LogP contribution is 2.33. The fourth-order valence-electron chi connectivity index (χ4n) is 3.17. The van der Waals surface area contributed by atoms with Crippen molar-refractivity contribution in [3.63, 3.8) is 0 Å². The van der Waals surface area contributed by atoms with Gasteiger partial charge in [0.1, 0.15) is 0 Å². The van der Waals surface area contributed by atoms with Crippen LogP contribution in [0.4, 0.5) is 5.69 Å². The average Bonchev–Trinajstić information content (AvgIpc) is 3.24. The molecule has 0 radical (unpaired) electrons. The van der Waals surface area contributed by atoms with Gasteiger partial charge in [-0.05, 0) is 48.9 Å². The van der Waals surface area contributed by atoms with Crippen LogP contribution < -0.4 is 4.90 Å². The fraction of sp³-hybridized carbons (Fsp3) is 0.200. The van der Waals surface area contributed by atoms with Crippen LogP contribution in [0.25, 0.3) is 5.69 Å². The molecular formula is C20H19ClN2O. The van der Waals surface area contributed by atoms with Gasteiger partial charge in [-0.25, -0.2) is 0 Å². The number of halogens is 1. The smallest absolute Gasteiger partial charge is 0.158 e. The van der Waals surface area contributed by atoms with E-state index in [1.165, 1.54) is 11.3 Å². The van der Waals surface area contributed by atoms with Crippen molar-refractivity contribution in [1.29, 1.82) is 0 Å². The van der Waals surface area contributed by atoms with E-state index in [1.807, 2.05) is 24.3 Å². The zero-order chi connectivity index (χ0) is 16.5. The molecule has 1 aromatic heterocycles. The first kappa shape index (κ1) is 15.3. The Morgan fingerprint density at radius 3 is 2.71 bits per heavy atom. The van der Waals surface area contributed by atoms with Crippen LogP contribution in [0.5, 0.6) is 0 Å². The molecule has 1 saturated heterocycles. The minimum atomic E-state index is -0.0489. The van der Waals surface area contributed by atoms with E-state index in [0.29, 0.717) is 0 Å². The highest BCUT2D eigenvalue weighted by Gasteiger charge is 2.27. The number of aryl methyl sites for hydroxylation is 1. The van der Waals surface area contributed by atoms with Crippen molar-refractivity contribution in [2.45, 2.75) is 13.2 Å². The molecule has 3 nitrogen and oxygen atoms in total. The summed E-state index contributed by atoms with van der Waals surface area (Å²) in [7, 11) is 0. The molecule has 2 aromatic carbocycles. The summed E-state index contributed by atoms with van der Waals surface area (Å²) in [5.41, 5.74) is 4.66. The van der Waals surface area contributed by atoms with E-state index in [1.54, 1.807) is 0 Å². The van der Waals surface area contributed by atoms with Gasteiger partial charge < -0.3 is 14.2 Å². The lowest BCUT2D eigenvalue weighted by Gasteiger charge is -2.25. The second-order valence-electron chi connectivity index (χ2n) is 6.09. The van der Waals surface area contributed by atoms with Crippen LogP contribution in [0.1, 0.15) is 17.4 Å². The lowest BCUT2D eigenvalue weighted by molar-refractivity contribution is 0.114. The molecule has 4 rings (SSSR count). The van der Waals surface area contributed by atoms with Gasteiger partial charge in [-0.15, -0.1) is 0 Å². The molecule has 1 unspecified atom stereocenters. The van der Waals surface area contributed by atoms with Gasteiger partial charge in [0.15, 0.2) is 6.23 Å². The summed E-state index contributed by atoms with van der Waals surface area (Å²) in [5.74, 6) is 0. The first-order valence-corrected chi connectivity index (χ1v) is 8.47. The van der Waals surface area contributed by atoms with Crippen molar-refractivity contribution < 1.29 is 4.74 Å². The lowest BCUT2D eigenvalue weighted by atomic mass is 10.2. The summed E-state index contributed by atoms with van der Waals surface area (Å²) in [5, 5.41) is 0.737. The number of hydrogen-bond donors (Lipinski definition) is 0.